The maximum absolute atomic E-state index is 9.65. The molecule has 0 amide bonds. The molecule has 4 heteroatoms. The number of likely N-dealkylation sites (tertiary alicyclic amines) is 1. The Bertz CT molecular complexity index is 223. The Morgan fingerprint density at radius 2 is 1.78 bits per heavy atom. The SMILES string of the molecule is CCC(O)CN1CCC(OC2CCOCC2)CC1. The Kier molecular flexibility index (Phi) is 5.89. The van der Waals surface area contributed by atoms with E-state index in [9.17, 15) is 5.11 Å². The van der Waals surface area contributed by atoms with Crippen LogP contribution in [0.25, 0.3) is 0 Å². The number of hydrogen-bond acceptors (Lipinski definition) is 4. The van der Waals surface area contributed by atoms with Crippen LogP contribution in [-0.4, -0.2) is 61.2 Å². The van der Waals surface area contributed by atoms with Gasteiger partial charge in [-0.2, -0.15) is 0 Å². The Morgan fingerprint density at radius 3 is 2.39 bits per heavy atom. The van der Waals surface area contributed by atoms with E-state index in [4.69, 9.17) is 9.47 Å². The Morgan fingerprint density at radius 1 is 1.17 bits per heavy atom. The maximum Gasteiger partial charge on any atom is 0.0664 e. The average Bonchev–Trinajstić information content (AvgIpc) is 2.42. The molecule has 2 aliphatic rings. The van der Waals surface area contributed by atoms with Gasteiger partial charge in [0.1, 0.15) is 0 Å². The van der Waals surface area contributed by atoms with Gasteiger partial charge in [0, 0.05) is 32.8 Å². The molecule has 0 bridgehead atoms. The van der Waals surface area contributed by atoms with Gasteiger partial charge >= 0.3 is 0 Å². The maximum atomic E-state index is 9.65. The Balaban J connectivity index is 1.63. The highest BCUT2D eigenvalue weighted by molar-refractivity contribution is 4.76. The van der Waals surface area contributed by atoms with Crippen molar-refractivity contribution >= 4 is 0 Å². The summed E-state index contributed by atoms with van der Waals surface area (Å²) >= 11 is 0. The fourth-order valence-corrected chi connectivity index (χ4v) is 2.74. The second kappa shape index (κ2) is 7.43. The summed E-state index contributed by atoms with van der Waals surface area (Å²) in [5, 5.41) is 9.65. The molecular weight excluding hydrogens is 230 g/mol. The van der Waals surface area contributed by atoms with Gasteiger partial charge < -0.3 is 19.5 Å². The van der Waals surface area contributed by atoms with Crippen molar-refractivity contribution in [3.63, 3.8) is 0 Å². The number of piperidine rings is 1. The van der Waals surface area contributed by atoms with E-state index in [1.165, 1.54) is 0 Å². The molecule has 1 atom stereocenters. The molecule has 0 saturated carbocycles. The highest BCUT2D eigenvalue weighted by atomic mass is 16.5. The number of hydrogen-bond donors (Lipinski definition) is 1. The zero-order valence-corrected chi connectivity index (χ0v) is 11.5. The first-order valence-corrected chi connectivity index (χ1v) is 7.41. The monoisotopic (exact) mass is 257 g/mol. The summed E-state index contributed by atoms with van der Waals surface area (Å²) < 4.78 is 11.5. The third-order valence-corrected chi connectivity index (χ3v) is 4.03. The molecule has 0 aromatic rings. The fourth-order valence-electron chi connectivity index (χ4n) is 2.74. The minimum atomic E-state index is -0.169. The van der Waals surface area contributed by atoms with Crippen LogP contribution in [0.2, 0.25) is 0 Å². The van der Waals surface area contributed by atoms with Crippen LogP contribution in [0.1, 0.15) is 39.0 Å². The number of β-amino-alcohol motifs (C(OH)–C–C–N with tert-alkyl or cyclic N) is 1. The van der Waals surface area contributed by atoms with Crippen molar-refractivity contribution in [1.82, 2.24) is 4.90 Å². The van der Waals surface area contributed by atoms with E-state index in [0.717, 1.165) is 65.0 Å². The molecule has 2 rings (SSSR count). The average molecular weight is 257 g/mol. The topological polar surface area (TPSA) is 41.9 Å². The first kappa shape index (κ1) is 14.3. The smallest absolute Gasteiger partial charge is 0.0664 e. The van der Waals surface area contributed by atoms with Crippen LogP contribution < -0.4 is 0 Å². The lowest BCUT2D eigenvalue weighted by atomic mass is 10.1. The van der Waals surface area contributed by atoms with Crippen LogP contribution in [0.5, 0.6) is 0 Å². The number of nitrogens with zero attached hydrogens (tertiary/aromatic N) is 1. The predicted molar refractivity (Wildman–Crippen MR) is 70.7 cm³/mol. The standard InChI is InChI=1S/C14H27NO3/c1-2-12(16)11-15-7-3-13(4-8-15)18-14-5-9-17-10-6-14/h12-14,16H,2-11H2,1H3. The summed E-state index contributed by atoms with van der Waals surface area (Å²) in [6.07, 6.45) is 5.82. The van der Waals surface area contributed by atoms with Gasteiger partial charge in [-0.1, -0.05) is 6.92 Å². The molecule has 1 unspecified atom stereocenters. The number of aliphatic hydroxyl groups is 1. The van der Waals surface area contributed by atoms with Gasteiger partial charge in [0.2, 0.25) is 0 Å². The van der Waals surface area contributed by atoms with Crippen molar-refractivity contribution in [3.05, 3.63) is 0 Å². The van der Waals surface area contributed by atoms with Gasteiger partial charge in [0.25, 0.3) is 0 Å². The largest absolute Gasteiger partial charge is 0.392 e. The molecule has 0 aromatic heterocycles. The predicted octanol–water partition coefficient (Wildman–Crippen LogP) is 1.42. The summed E-state index contributed by atoms with van der Waals surface area (Å²) in [7, 11) is 0. The van der Waals surface area contributed by atoms with Crippen molar-refractivity contribution in [3.8, 4) is 0 Å². The summed E-state index contributed by atoms with van der Waals surface area (Å²) in [4.78, 5) is 2.36. The normalized spacial score (nSPS) is 26.3. The Hall–Kier alpha value is -0.160. The summed E-state index contributed by atoms with van der Waals surface area (Å²) in [5.41, 5.74) is 0. The minimum Gasteiger partial charge on any atom is -0.392 e. The van der Waals surface area contributed by atoms with Crippen LogP contribution in [0.3, 0.4) is 0 Å². The quantitative estimate of drug-likeness (QED) is 0.809. The summed E-state index contributed by atoms with van der Waals surface area (Å²) in [6, 6.07) is 0. The molecule has 2 saturated heterocycles. The minimum absolute atomic E-state index is 0.169. The second-order valence-electron chi connectivity index (χ2n) is 5.51. The third kappa shape index (κ3) is 4.50. The van der Waals surface area contributed by atoms with Gasteiger partial charge in [-0.15, -0.1) is 0 Å². The van der Waals surface area contributed by atoms with E-state index < -0.39 is 0 Å². The van der Waals surface area contributed by atoms with Crippen molar-refractivity contribution in [2.45, 2.75) is 57.3 Å². The van der Waals surface area contributed by atoms with E-state index in [1.54, 1.807) is 0 Å². The van der Waals surface area contributed by atoms with Gasteiger partial charge in [-0.25, -0.2) is 0 Å². The zero-order chi connectivity index (χ0) is 12.8. The van der Waals surface area contributed by atoms with Gasteiger partial charge in [0.15, 0.2) is 0 Å². The van der Waals surface area contributed by atoms with Crippen LogP contribution in [0.15, 0.2) is 0 Å². The lowest BCUT2D eigenvalue weighted by Crippen LogP contribution is -2.42. The van der Waals surface area contributed by atoms with E-state index >= 15 is 0 Å². The van der Waals surface area contributed by atoms with Crippen molar-refractivity contribution in [1.29, 1.82) is 0 Å². The van der Waals surface area contributed by atoms with Crippen molar-refractivity contribution in [2.24, 2.45) is 0 Å². The summed E-state index contributed by atoms with van der Waals surface area (Å²) in [6.45, 7) is 6.68. The molecule has 0 spiro atoms. The second-order valence-corrected chi connectivity index (χ2v) is 5.51. The van der Waals surface area contributed by atoms with Crippen LogP contribution >= 0.6 is 0 Å². The highest BCUT2D eigenvalue weighted by Gasteiger charge is 2.24. The van der Waals surface area contributed by atoms with E-state index in [2.05, 4.69) is 4.90 Å². The van der Waals surface area contributed by atoms with Crippen molar-refractivity contribution < 1.29 is 14.6 Å². The van der Waals surface area contributed by atoms with Crippen LogP contribution in [0.4, 0.5) is 0 Å². The molecule has 2 heterocycles. The van der Waals surface area contributed by atoms with E-state index in [-0.39, 0.29) is 6.10 Å². The molecule has 0 radical (unpaired) electrons. The lowest BCUT2D eigenvalue weighted by molar-refractivity contribution is -0.0864. The van der Waals surface area contributed by atoms with Crippen LogP contribution in [0, 0.1) is 0 Å². The Labute approximate surface area is 110 Å². The first-order chi connectivity index (χ1) is 8.78. The molecule has 2 aliphatic heterocycles. The first-order valence-electron chi connectivity index (χ1n) is 7.41. The number of ether oxygens (including phenoxy) is 2. The molecular formula is C14H27NO3. The van der Waals surface area contributed by atoms with Crippen LogP contribution in [-0.2, 0) is 9.47 Å². The zero-order valence-electron chi connectivity index (χ0n) is 11.5. The highest BCUT2D eigenvalue weighted by Crippen LogP contribution is 2.20. The third-order valence-electron chi connectivity index (χ3n) is 4.03. The molecule has 18 heavy (non-hydrogen) atoms. The van der Waals surface area contributed by atoms with Gasteiger partial charge in [-0.3, -0.25) is 0 Å². The van der Waals surface area contributed by atoms with Gasteiger partial charge in [-0.05, 0) is 32.1 Å². The van der Waals surface area contributed by atoms with E-state index in [0.29, 0.717) is 12.2 Å². The molecule has 0 aromatic carbocycles. The molecule has 1 N–H and O–H groups in total. The van der Waals surface area contributed by atoms with Crippen molar-refractivity contribution in [2.75, 3.05) is 32.8 Å². The summed E-state index contributed by atoms with van der Waals surface area (Å²) in [5.74, 6) is 0. The lowest BCUT2D eigenvalue weighted by Gasteiger charge is -2.35. The fraction of sp³-hybridized carbons (Fsp3) is 1.00. The molecule has 4 nitrogen and oxygen atoms in total. The number of aliphatic hydroxyl groups excluding tert-OH is 1. The number of rotatable bonds is 5. The molecule has 2 fully saturated rings. The molecule has 0 aliphatic carbocycles. The van der Waals surface area contributed by atoms with Gasteiger partial charge in [0.05, 0.1) is 18.3 Å². The van der Waals surface area contributed by atoms with E-state index in [1.807, 2.05) is 6.92 Å². The molecule has 106 valence electrons.